The second-order valence-electron chi connectivity index (χ2n) is 16.2. The van der Waals surface area contributed by atoms with Crippen molar-refractivity contribution in [3.63, 3.8) is 0 Å². The molecule has 3 aromatic rings. The molecule has 11 nitrogen and oxygen atoms in total. The number of benzene rings is 3. The molecule has 2 amide bonds. The second kappa shape index (κ2) is 17.7. The number of hydrogen-bond acceptors (Lipinski definition) is 9. The molecule has 2 saturated heterocycles. The summed E-state index contributed by atoms with van der Waals surface area (Å²) in [6.07, 6.45) is 6.32. The molecular formula is C45H57N3O8. The summed E-state index contributed by atoms with van der Waals surface area (Å²) in [5, 5.41) is 9.24. The normalized spacial score (nSPS) is 22.3. The molecule has 2 heterocycles. The largest absolute Gasteiger partial charge is 0.497 e. The number of amides is 2. The maximum Gasteiger partial charge on any atom is 0.238 e. The van der Waals surface area contributed by atoms with Crippen LogP contribution in [-0.4, -0.2) is 87.2 Å². The molecule has 56 heavy (non-hydrogen) atoms. The summed E-state index contributed by atoms with van der Waals surface area (Å²) < 4.78 is 22.1. The molecule has 2 aliphatic heterocycles. The van der Waals surface area contributed by atoms with Crippen molar-refractivity contribution >= 4 is 23.4 Å². The lowest BCUT2D eigenvalue weighted by Gasteiger charge is -2.24. The van der Waals surface area contributed by atoms with Gasteiger partial charge in [0.1, 0.15) is 22.7 Å². The van der Waals surface area contributed by atoms with Crippen LogP contribution in [0.2, 0.25) is 0 Å². The van der Waals surface area contributed by atoms with Crippen LogP contribution in [-0.2, 0) is 47.9 Å². The van der Waals surface area contributed by atoms with Gasteiger partial charge in [-0.2, -0.15) is 0 Å². The first-order valence-electron chi connectivity index (χ1n) is 19.9. The third-order valence-electron chi connectivity index (χ3n) is 11.7. The molecule has 6 atom stereocenters. The number of Topliss-reactive ketones (excluding diaryl/α,β-unsaturated/α-hetero) is 2. The lowest BCUT2D eigenvalue weighted by atomic mass is 9.90. The maximum absolute atomic E-state index is 13.8. The zero-order valence-corrected chi connectivity index (χ0v) is 33.6. The molecule has 1 saturated carbocycles. The summed E-state index contributed by atoms with van der Waals surface area (Å²) in [5.74, 6) is 0.812. The smallest absolute Gasteiger partial charge is 0.238 e. The van der Waals surface area contributed by atoms with Gasteiger partial charge in [0.05, 0.1) is 45.6 Å². The number of ketones is 2. The van der Waals surface area contributed by atoms with Gasteiger partial charge >= 0.3 is 0 Å². The van der Waals surface area contributed by atoms with Crippen LogP contribution in [0.1, 0.15) is 69.6 Å². The Morgan fingerprint density at radius 3 is 1.93 bits per heavy atom. The highest BCUT2D eigenvalue weighted by atomic mass is 16.6. The van der Waals surface area contributed by atoms with E-state index in [-0.39, 0.29) is 35.7 Å². The van der Waals surface area contributed by atoms with Gasteiger partial charge in [-0.25, -0.2) is 0 Å². The SMILES string of the molecule is CNC(Cc1ccc(OC)cc1)C(=O)NC(Cc1cccc(-c2cc(CC(C)C(=O)NC(CC3CCCC3)C(=O)C3(C)CO3)ccc2OC)c1)C(=O)C1(C)CO1. The third-order valence-corrected chi connectivity index (χ3v) is 11.7. The summed E-state index contributed by atoms with van der Waals surface area (Å²) in [6.45, 7) is 6.16. The van der Waals surface area contributed by atoms with Crippen molar-refractivity contribution < 1.29 is 38.1 Å². The van der Waals surface area contributed by atoms with Crippen molar-refractivity contribution in [2.75, 3.05) is 34.5 Å². The third kappa shape index (κ3) is 10.0. The number of epoxide rings is 2. The molecule has 6 unspecified atom stereocenters. The van der Waals surface area contributed by atoms with E-state index in [9.17, 15) is 19.2 Å². The average molecular weight is 768 g/mol. The summed E-state index contributed by atoms with van der Waals surface area (Å²) in [6, 6.07) is 19.4. The number of likely N-dealkylation sites (N-methyl/N-ethyl adjacent to an activating group) is 1. The van der Waals surface area contributed by atoms with Crippen LogP contribution in [0.3, 0.4) is 0 Å². The van der Waals surface area contributed by atoms with Crippen LogP contribution in [0.5, 0.6) is 11.5 Å². The van der Waals surface area contributed by atoms with E-state index in [4.69, 9.17) is 18.9 Å². The van der Waals surface area contributed by atoms with Crippen molar-refractivity contribution in [2.45, 2.75) is 101 Å². The van der Waals surface area contributed by atoms with Gasteiger partial charge in [0.25, 0.3) is 0 Å². The average Bonchev–Trinajstić information content (AvgIpc) is 4.09. The Hall–Kier alpha value is -4.58. The monoisotopic (exact) mass is 767 g/mol. The van der Waals surface area contributed by atoms with Gasteiger partial charge in [0, 0.05) is 11.5 Å². The van der Waals surface area contributed by atoms with Crippen LogP contribution < -0.4 is 25.4 Å². The number of carbonyl (C=O) groups is 4. The molecule has 300 valence electrons. The van der Waals surface area contributed by atoms with E-state index in [0.717, 1.165) is 46.4 Å². The number of methoxy groups -OCH3 is 2. The molecule has 0 bridgehead atoms. The van der Waals surface area contributed by atoms with E-state index in [0.29, 0.717) is 44.1 Å². The van der Waals surface area contributed by atoms with Gasteiger partial charge in [-0.15, -0.1) is 0 Å². The Balaban J connectivity index is 1.16. The van der Waals surface area contributed by atoms with Crippen molar-refractivity contribution in [3.05, 3.63) is 83.4 Å². The first kappa shape index (κ1) is 41.1. The minimum atomic E-state index is -0.936. The molecule has 11 heteroatoms. The van der Waals surface area contributed by atoms with E-state index in [2.05, 4.69) is 16.0 Å². The van der Waals surface area contributed by atoms with E-state index >= 15 is 0 Å². The van der Waals surface area contributed by atoms with Gasteiger partial charge in [-0.3, -0.25) is 19.2 Å². The molecule has 0 aromatic heterocycles. The minimum Gasteiger partial charge on any atom is -0.497 e. The number of ether oxygens (including phenoxy) is 4. The molecule has 0 radical (unpaired) electrons. The standard InChI is InChI=1S/C45H57N3O8/c1-28(42(51)47-36(23-29-10-7-8-11-29)40(49)44(2)26-55-44)20-32-16-19-39(54-6)35(22-32)33-13-9-12-31(21-33)25-37(41(50)45(3)27-56-45)48-43(52)38(46-4)24-30-14-17-34(53-5)18-15-30/h9,12-19,21-22,28-29,36-38,46H,7-8,10-11,20,23-27H2,1-6H3,(H,47,51)(H,48,52). The van der Waals surface area contributed by atoms with E-state index in [1.54, 1.807) is 35.1 Å². The highest BCUT2D eigenvalue weighted by Gasteiger charge is 2.51. The molecule has 3 aromatic carbocycles. The summed E-state index contributed by atoms with van der Waals surface area (Å²) in [4.78, 5) is 54.4. The maximum atomic E-state index is 13.8. The fourth-order valence-electron chi connectivity index (χ4n) is 7.82. The summed E-state index contributed by atoms with van der Waals surface area (Å²) in [5.41, 5.74) is 2.73. The van der Waals surface area contributed by atoms with E-state index in [1.165, 1.54) is 12.8 Å². The molecule has 6 rings (SSSR count). The van der Waals surface area contributed by atoms with E-state index in [1.807, 2.05) is 73.7 Å². The first-order valence-corrected chi connectivity index (χ1v) is 19.9. The molecule has 3 fully saturated rings. The summed E-state index contributed by atoms with van der Waals surface area (Å²) >= 11 is 0. The van der Waals surface area contributed by atoms with Crippen LogP contribution in [0.25, 0.3) is 11.1 Å². The predicted molar refractivity (Wildman–Crippen MR) is 214 cm³/mol. The number of rotatable bonds is 20. The molecule has 1 aliphatic carbocycles. The van der Waals surface area contributed by atoms with Crippen LogP contribution in [0.4, 0.5) is 0 Å². The minimum absolute atomic E-state index is 0.0331. The zero-order chi connectivity index (χ0) is 40.0. The van der Waals surface area contributed by atoms with Crippen LogP contribution in [0.15, 0.2) is 66.7 Å². The van der Waals surface area contributed by atoms with Crippen LogP contribution >= 0.6 is 0 Å². The fraction of sp³-hybridized carbons (Fsp3) is 0.511. The number of nitrogens with one attached hydrogen (secondary N) is 3. The molecule has 3 aliphatic rings. The lowest BCUT2D eigenvalue weighted by molar-refractivity contribution is -0.132. The van der Waals surface area contributed by atoms with Gasteiger partial charge in [0.15, 0.2) is 11.6 Å². The Bertz CT molecular complexity index is 1880. The summed E-state index contributed by atoms with van der Waals surface area (Å²) in [7, 11) is 4.96. The Labute approximate surface area is 330 Å². The predicted octanol–water partition coefficient (Wildman–Crippen LogP) is 5.19. The molecule has 0 spiro atoms. The van der Waals surface area contributed by atoms with Crippen LogP contribution in [0, 0.1) is 11.8 Å². The van der Waals surface area contributed by atoms with Crippen molar-refractivity contribution in [1.29, 1.82) is 0 Å². The first-order chi connectivity index (χ1) is 26.8. The van der Waals surface area contributed by atoms with E-state index < -0.39 is 29.3 Å². The van der Waals surface area contributed by atoms with Crippen molar-refractivity contribution in [2.24, 2.45) is 11.8 Å². The van der Waals surface area contributed by atoms with Crippen molar-refractivity contribution in [1.82, 2.24) is 16.0 Å². The molecular weight excluding hydrogens is 711 g/mol. The number of hydrogen-bond donors (Lipinski definition) is 3. The Kier molecular flexibility index (Phi) is 13.0. The highest BCUT2D eigenvalue weighted by molar-refractivity contribution is 5.98. The highest BCUT2D eigenvalue weighted by Crippen LogP contribution is 2.35. The Morgan fingerprint density at radius 1 is 0.732 bits per heavy atom. The quantitative estimate of drug-likeness (QED) is 0.132. The number of carbonyl (C=O) groups excluding carboxylic acids is 4. The van der Waals surface area contributed by atoms with Gasteiger partial charge in [0.2, 0.25) is 11.8 Å². The topological polar surface area (TPSA) is 148 Å². The van der Waals surface area contributed by atoms with Crippen molar-refractivity contribution in [3.8, 4) is 22.6 Å². The Morgan fingerprint density at radius 2 is 1.32 bits per heavy atom. The van der Waals surface area contributed by atoms with Gasteiger partial charge in [-0.1, -0.05) is 75.1 Å². The zero-order valence-electron chi connectivity index (χ0n) is 33.6. The van der Waals surface area contributed by atoms with Gasteiger partial charge in [-0.05, 0) is 99.0 Å². The lowest BCUT2D eigenvalue weighted by Crippen LogP contribution is -2.53. The second-order valence-corrected chi connectivity index (χ2v) is 16.2. The van der Waals surface area contributed by atoms with Gasteiger partial charge < -0.3 is 34.9 Å². The molecule has 3 N–H and O–H groups in total. The fourth-order valence-corrected chi connectivity index (χ4v) is 7.82.